The van der Waals surface area contributed by atoms with Gasteiger partial charge in [0.05, 0.1) is 18.9 Å². The van der Waals surface area contributed by atoms with E-state index in [4.69, 9.17) is 4.74 Å². The summed E-state index contributed by atoms with van der Waals surface area (Å²) < 4.78 is 31.9. The molecule has 0 unspecified atom stereocenters. The molecular formula is C19H21F2N5O2. The average Bonchev–Trinajstić information content (AvgIpc) is 2.65. The smallest absolute Gasteiger partial charge is 0.246 e. The van der Waals surface area contributed by atoms with Crippen LogP contribution in [0.25, 0.3) is 0 Å². The SMILES string of the molecule is C[C@H]1C(=O)Nc2cnc(NC3CC(OCc4ccc(F)c(F)c4)C3)nc2N1C. The zero-order valence-corrected chi connectivity index (χ0v) is 15.6. The van der Waals surface area contributed by atoms with Crippen molar-refractivity contribution < 1.29 is 18.3 Å². The number of hydrogen-bond acceptors (Lipinski definition) is 6. The van der Waals surface area contributed by atoms with E-state index in [0.29, 0.717) is 23.0 Å². The third-order valence-electron chi connectivity index (χ3n) is 5.22. The summed E-state index contributed by atoms with van der Waals surface area (Å²) in [6, 6.07) is 3.65. The van der Waals surface area contributed by atoms with Crippen LogP contribution in [-0.4, -0.2) is 41.1 Å². The predicted molar refractivity (Wildman–Crippen MR) is 100 cm³/mol. The number of halogens is 2. The zero-order valence-electron chi connectivity index (χ0n) is 15.6. The monoisotopic (exact) mass is 389 g/mol. The molecule has 0 radical (unpaired) electrons. The van der Waals surface area contributed by atoms with Gasteiger partial charge in [0, 0.05) is 13.1 Å². The largest absolute Gasteiger partial charge is 0.373 e. The minimum atomic E-state index is -0.866. The molecule has 1 atom stereocenters. The molecule has 0 spiro atoms. The second-order valence-electron chi connectivity index (χ2n) is 7.20. The van der Waals surface area contributed by atoms with Gasteiger partial charge in [-0.15, -0.1) is 0 Å². The van der Waals surface area contributed by atoms with Crippen LogP contribution in [0.4, 0.5) is 26.2 Å². The van der Waals surface area contributed by atoms with Crippen LogP contribution in [0.3, 0.4) is 0 Å². The molecule has 2 N–H and O–H groups in total. The summed E-state index contributed by atoms with van der Waals surface area (Å²) in [5.74, 6) is -0.636. The molecule has 1 amide bonds. The highest BCUT2D eigenvalue weighted by Gasteiger charge is 2.32. The van der Waals surface area contributed by atoms with Gasteiger partial charge >= 0.3 is 0 Å². The summed E-state index contributed by atoms with van der Waals surface area (Å²) in [4.78, 5) is 22.4. The van der Waals surface area contributed by atoms with Crippen LogP contribution in [0.5, 0.6) is 0 Å². The lowest BCUT2D eigenvalue weighted by Gasteiger charge is -2.36. The number of nitrogens with zero attached hydrogens (tertiary/aromatic N) is 3. The van der Waals surface area contributed by atoms with Crippen LogP contribution in [0.2, 0.25) is 0 Å². The highest BCUT2D eigenvalue weighted by Crippen LogP contribution is 2.31. The Kier molecular flexibility index (Phi) is 4.84. The molecule has 1 saturated carbocycles. The number of ether oxygens (including phenoxy) is 1. The van der Waals surface area contributed by atoms with Crippen molar-refractivity contribution >= 4 is 23.4 Å². The van der Waals surface area contributed by atoms with E-state index >= 15 is 0 Å². The van der Waals surface area contributed by atoms with Gasteiger partial charge in [-0.2, -0.15) is 4.98 Å². The Morgan fingerprint density at radius 3 is 2.86 bits per heavy atom. The standard InChI is InChI=1S/C19H21F2N5O2/c1-10-18(27)24-16-8-22-19(25-17(16)26(10)2)23-12-6-13(7-12)28-9-11-3-4-14(20)15(21)5-11/h3-5,8,10,12-13H,6-7,9H2,1-2H3,(H,24,27)(H,22,23,25)/t10-,12?,13?/m0/s1. The van der Waals surface area contributed by atoms with Crippen LogP contribution in [0.1, 0.15) is 25.3 Å². The third kappa shape index (κ3) is 3.62. The van der Waals surface area contributed by atoms with Crippen LogP contribution in [-0.2, 0) is 16.1 Å². The molecule has 148 valence electrons. The Morgan fingerprint density at radius 1 is 1.32 bits per heavy atom. The van der Waals surface area contributed by atoms with E-state index in [1.54, 1.807) is 6.20 Å². The summed E-state index contributed by atoms with van der Waals surface area (Å²) in [6.45, 7) is 2.06. The van der Waals surface area contributed by atoms with Gasteiger partial charge in [-0.1, -0.05) is 6.07 Å². The van der Waals surface area contributed by atoms with Gasteiger partial charge in [-0.3, -0.25) is 4.79 Å². The fourth-order valence-corrected chi connectivity index (χ4v) is 3.24. The molecular weight excluding hydrogens is 368 g/mol. The highest BCUT2D eigenvalue weighted by atomic mass is 19.2. The van der Waals surface area contributed by atoms with Crippen molar-refractivity contribution in [3.05, 3.63) is 41.6 Å². The van der Waals surface area contributed by atoms with E-state index < -0.39 is 11.6 Å². The van der Waals surface area contributed by atoms with Crippen LogP contribution < -0.4 is 15.5 Å². The van der Waals surface area contributed by atoms with E-state index in [2.05, 4.69) is 20.6 Å². The van der Waals surface area contributed by atoms with Gasteiger partial charge in [0.2, 0.25) is 11.9 Å². The van der Waals surface area contributed by atoms with Crippen molar-refractivity contribution in [1.29, 1.82) is 0 Å². The van der Waals surface area contributed by atoms with Gasteiger partial charge in [0.15, 0.2) is 17.5 Å². The molecule has 4 rings (SSSR count). The summed E-state index contributed by atoms with van der Waals surface area (Å²) in [6.07, 6.45) is 3.19. The van der Waals surface area contributed by atoms with Crippen molar-refractivity contribution in [2.24, 2.45) is 0 Å². The van der Waals surface area contributed by atoms with Crippen molar-refractivity contribution in [2.45, 2.75) is 44.6 Å². The number of benzene rings is 1. The normalized spacial score (nSPS) is 23.6. The maximum atomic E-state index is 13.2. The van der Waals surface area contributed by atoms with Gasteiger partial charge in [-0.05, 0) is 37.5 Å². The first kappa shape index (κ1) is 18.5. The number of nitrogens with one attached hydrogen (secondary N) is 2. The molecule has 0 saturated heterocycles. The quantitative estimate of drug-likeness (QED) is 0.819. The van der Waals surface area contributed by atoms with Crippen molar-refractivity contribution in [3.63, 3.8) is 0 Å². The molecule has 7 nitrogen and oxygen atoms in total. The van der Waals surface area contributed by atoms with E-state index in [0.717, 1.165) is 25.0 Å². The van der Waals surface area contributed by atoms with Crippen molar-refractivity contribution in [1.82, 2.24) is 9.97 Å². The number of rotatable bonds is 5. The topological polar surface area (TPSA) is 79.4 Å². The van der Waals surface area contributed by atoms with Crippen LogP contribution >= 0.6 is 0 Å². The number of aromatic nitrogens is 2. The zero-order chi connectivity index (χ0) is 19.8. The number of anilines is 3. The Morgan fingerprint density at radius 2 is 2.11 bits per heavy atom. The number of fused-ring (bicyclic) bond motifs is 1. The van der Waals surface area contributed by atoms with Gasteiger partial charge < -0.3 is 20.3 Å². The molecule has 1 aliphatic heterocycles. The number of hydrogen-bond donors (Lipinski definition) is 2. The Labute approximate surface area is 161 Å². The average molecular weight is 389 g/mol. The van der Waals surface area contributed by atoms with Crippen LogP contribution in [0, 0.1) is 11.6 Å². The minimum absolute atomic E-state index is 0.0465. The molecule has 2 heterocycles. The van der Waals surface area contributed by atoms with Crippen molar-refractivity contribution in [2.75, 3.05) is 22.6 Å². The van der Waals surface area contributed by atoms with Crippen molar-refractivity contribution in [3.8, 4) is 0 Å². The number of amides is 1. The van der Waals surface area contributed by atoms with E-state index in [1.165, 1.54) is 6.07 Å². The van der Waals surface area contributed by atoms with E-state index in [-0.39, 0.29) is 30.7 Å². The Balaban J connectivity index is 1.29. The summed E-state index contributed by atoms with van der Waals surface area (Å²) in [5, 5.41) is 6.06. The summed E-state index contributed by atoms with van der Waals surface area (Å²) in [7, 11) is 1.82. The first-order valence-corrected chi connectivity index (χ1v) is 9.13. The lowest BCUT2D eigenvalue weighted by atomic mass is 9.89. The lowest BCUT2D eigenvalue weighted by Crippen LogP contribution is -2.45. The van der Waals surface area contributed by atoms with Crippen LogP contribution in [0.15, 0.2) is 24.4 Å². The maximum Gasteiger partial charge on any atom is 0.246 e. The Hall–Kier alpha value is -2.81. The Bertz CT molecular complexity index is 904. The minimum Gasteiger partial charge on any atom is -0.373 e. The molecule has 1 aliphatic carbocycles. The predicted octanol–water partition coefficient (Wildman–Crippen LogP) is 2.69. The number of carbonyl (C=O) groups is 1. The molecule has 2 aromatic rings. The first-order chi connectivity index (χ1) is 13.4. The molecule has 1 fully saturated rings. The van der Waals surface area contributed by atoms with E-state index in [1.807, 2.05) is 18.9 Å². The maximum absolute atomic E-state index is 13.2. The van der Waals surface area contributed by atoms with Gasteiger partial charge in [0.25, 0.3) is 0 Å². The lowest BCUT2D eigenvalue weighted by molar-refractivity contribution is -0.117. The second-order valence-corrected chi connectivity index (χ2v) is 7.20. The van der Waals surface area contributed by atoms with Gasteiger partial charge in [0.1, 0.15) is 11.7 Å². The molecule has 28 heavy (non-hydrogen) atoms. The number of carbonyl (C=O) groups excluding carboxylic acids is 1. The fourth-order valence-electron chi connectivity index (χ4n) is 3.24. The highest BCUT2D eigenvalue weighted by molar-refractivity contribution is 6.02. The fraction of sp³-hybridized carbons (Fsp3) is 0.421. The molecule has 1 aromatic carbocycles. The molecule has 1 aromatic heterocycles. The molecule has 2 aliphatic rings. The summed E-state index contributed by atoms with van der Waals surface area (Å²) >= 11 is 0. The van der Waals surface area contributed by atoms with Gasteiger partial charge in [-0.25, -0.2) is 13.8 Å². The molecule has 9 heteroatoms. The summed E-state index contributed by atoms with van der Waals surface area (Å²) in [5.41, 5.74) is 1.20. The van der Waals surface area contributed by atoms with E-state index in [9.17, 15) is 13.6 Å². The first-order valence-electron chi connectivity index (χ1n) is 9.13. The number of likely N-dealkylation sites (N-methyl/N-ethyl adjacent to an activating group) is 1. The molecule has 0 bridgehead atoms. The second kappa shape index (κ2) is 7.31. The third-order valence-corrected chi connectivity index (χ3v) is 5.22.